The maximum atomic E-state index is 13.1. The van der Waals surface area contributed by atoms with Gasteiger partial charge < -0.3 is 10.7 Å². The first-order chi connectivity index (χ1) is 13.2. The molecule has 2 heterocycles. The lowest BCUT2D eigenvalue weighted by Crippen LogP contribution is -2.41. The molecule has 2 N–H and O–H groups in total. The normalized spacial score (nSPS) is 18.4. The van der Waals surface area contributed by atoms with Crippen LogP contribution >= 0.6 is 23.4 Å². The number of aromatic nitrogens is 3. The van der Waals surface area contributed by atoms with Gasteiger partial charge in [0, 0.05) is 6.42 Å². The summed E-state index contributed by atoms with van der Waals surface area (Å²) in [4.78, 5) is 13.1. The molecular weight excluding hydrogens is 382 g/mol. The van der Waals surface area contributed by atoms with Crippen LogP contribution in [0.5, 0.6) is 0 Å². The van der Waals surface area contributed by atoms with Gasteiger partial charge in [0.05, 0.1) is 16.8 Å². The average molecular weight is 400 g/mol. The molecule has 8 heteroatoms. The standard InChI is InChI=1S/C19H18ClN5OS/c1-2-15-22-23-19-25(15)24-16(12-8-4-3-5-9-12)17(27-19)18(26)21-14-11-7-6-10-13(14)20/h3-11,16-17,24H,2H2,1H3,(H,21,26)/t16-,17+/m1/s1. The van der Waals surface area contributed by atoms with E-state index in [0.29, 0.717) is 15.9 Å². The lowest BCUT2D eigenvalue weighted by Gasteiger charge is -2.33. The Kier molecular flexibility index (Phi) is 5.05. The van der Waals surface area contributed by atoms with E-state index in [1.54, 1.807) is 12.1 Å². The third kappa shape index (κ3) is 3.52. The second-order valence-electron chi connectivity index (χ2n) is 6.11. The first kappa shape index (κ1) is 17.9. The van der Waals surface area contributed by atoms with Crippen molar-refractivity contribution in [2.45, 2.75) is 29.8 Å². The van der Waals surface area contributed by atoms with Gasteiger partial charge in [0.1, 0.15) is 5.25 Å². The number of para-hydroxylation sites is 1. The van der Waals surface area contributed by atoms with Crippen molar-refractivity contribution in [3.63, 3.8) is 0 Å². The van der Waals surface area contributed by atoms with E-state index in [1.165, 1.54) is 11.8 Å². The fourth-order valence-electron chi connectivity index (χ4n) is 3.00. The van der Waals surface area contributed by atoms with Gasteiger partial charge in [-0.15, -0.1) is 10.2 Å². The van der Waals surface area contributed by atoms with Crippen molar-refractivity contribution in [3.8, 4) is 0 Å². The van der Waals surface area contributed by atoms with Crippen molar-refractivity contribution in [1.82, 2.24) is 14.9 Å². The molecule has 0 unspecified atom stereocenters. The molecule has 0 aliphatic carbocycles. The van der Waals surface area contributed by atoms with E-state index in [0.717, 1.165) is 17.8 Å². The molecule has 6 nitrogen and oxygen atoms in total. The fourth-order valence-corrected chi connectivity index (χ4v) is 4.29. The van der Waals surface area contributed by atoms with Gasteiger partial charge in [0.15, 0.2) is 5.82 Å². The number of carbonyl (C=O) groups is 1. The Labute approximate surface area is 166 Å². The number of hydrogen-bond acceptors (Lipinski definition) is 5. The molecule has 1 aliphatic heterocycles. The first-order valence-corrected chi connectivity index (χ1v) is 9.91. The largest absolute Gasteiger partial charge is 0.324 e. The van der Waals surface area contributed by atoms with E-state index in [4.69, 9.17) is 11.6 Å². The monoisotopic (exact) mass is 399 g/mol. The number of nitrogens with zero attached hydrogens (tertiary/aromatic N) is 3. The molecule has 0 bridgehead atoms. The predicted molar refractivity (Wildman–Crippen MR) is 108 cm³/mol. The fraction of sp³-hybridized carbons (Fsp3) is 0.211. The minimum Gasteiger partial charge on any atom is -0.324 e. The molecule has 27 heavy (non-hydrogen) atoms. The van der Waals surface area contributed by atoms with Crippen molar-refractivity contribution in [2.24, 2.45) is 0 Å². The molecule has 0 saturated heterocycles. The second kappa shape index (κ2) is 7.62. The molecule has 0 fully saturated rings. The Balaban J connectivity index is 1.68. The molecule has 1 aliphatic rings. The molecule has 3 aromatic rings. The zero-order valence-electron chi connectivity index (χ0n) is 14.6. The molecule has 0 radical (unpaired) electrons. The summed E-state index contributed by atoms with van der Waals surface area (Å²) in [5.74, 6) is 0.699. The Morgan fingerprint density at radius 1 is 1.19 bits per heavy atom. The quantitative estimate of drug-likeness (QED) is 0.696. The van der Waals surface area contributed by atoms with Crippen LogP contribution < -0.4 is 10.7 Å². The number of halogens is 1. The molecule has 1 aromatic heterocycles. The van der Waals surface area contributed by atoms with Crippen LogP contribution in [0.1, 0.15) is 24.4 Å². The van der Waals surface area contributed by atoms with Crippen LogP contribution in [0.3, 0.4) is 0 Å². The maximum absolute atomic E-state index is 13.1. The van der Waals surface area contributed by atoms with Crippen LogP contribution in [-0.4, -0.2) is 26.0 Å². The van der Waals surface area contributed by atoms with Crippen molar-refractivity contribution in [1.29, 1.82) is 0 Å². The number of anilines is 1. The van der Waals surface area contributed by atoms with E-state index < -0.39 is 5.25 Å². The molecule has 4 rings (SSSR count). The Morgan fingerprint density at radius 2 is 1.93 bits per heavy atom. The third-order valence-corrected chi connectivity index (χ3v) is 5.91. The number of aryl methyl sites for hydroxylation is 1. The topological polar surface area (TPSA) is 71.8 Å². The summed E-state index contributed by atoms with van der Waals surface area (Å²) in [5, 5.41) is 12.1. The lowest BCUT2D eigenvalue weighted by molar-refractivity contribution is -0.116. The van der Waals surface area contributed by atoms with Gasteiger partial charge in [0.25, 0.3) is 0 Å². The predicted octanol–water partition coefficient (Wildman–Crippen LogP) is 3.89. The van der Waals surface area contributed by atoms with Crippen LogP contribution in [0.15, 0.2) is 59.8 Å². The average Bonchev–Trinajstić information content (AvgIpc) is 3.11. The van der Waals surface area contributed by atoms with Crippen molar-refractivity contribution in [3.05, 3.63) is 71.0 Å². The lowest BCUT2D eigenvalue weighted by atomic mass is 10.0. The zero-order valence-corrected chi connectivity index (χ0v) is 16.2. The van der Waals surface area contributed by atoms with Crippen molar-refractivity contribution in [2.75, 3.05) is 10.7 Å². The van der Waals surface area contributed by atoms with E-state index in [9.17, 15) is 4.79 Å². The van der Waals surface area contributed by atoms with Gasteiger partial charge >= 0.3 is 0 Å². The summed E-state index contributed by atoms with van der Waals surface area (Å²) in [7, 11) is 0. The van der Waals surface area contributed by atoms with Crippen molar-refractivity contribution < 1.29 is 4.79 Å². The highest BCUT2D eigenvalue weighted by Crippen LogP contribution is 2.37. The van der Waals surface area contributed by atoms with Gasteiger partial charge in [-0.25, -0.2) is 4.68 Å². The summed E-state index contributed by atoms with van der Waals surface area (Å²) in [5.41, 5.74) is 5.04. The minimum absolute atomic E-state index is 0.137. The molecule has 0 saturated carbocycles. The molecule has 1 amide bonds. The Hall–Kier alpha value is -2.51. The summed E-state index contributed by atoms with van der Waals surface area (Å²) in [6.07, 6.45) is 0.749. The first-order valence-electron chi connectivity index (χ1n) is 8.65. The van der Waals surface area contributed by atoms with Gasteiger partial charge in [-0.1, -0.05) is 72.8 Å². The Morgan fingerprint density at radius 3 is 2.67 bits per heavy atom. The van der Waals surface area contributed by atoms with Crippen LogP contribution in [-0.2, 0) is 11.2 Å². The van der Waals surface area contributed by atoms with Crippen LogP contribution in [0.2, 0.25) is 5.02 Å². The third-order valence-electron chi connectivity index (χ3n) is 4.37. The molecule has 2 aromatic carbocycles. The number of fused-ring (bicyclic) bond motifs is 1. The van der Waals surface area contributed by atoms with E-state index in [1.807, 2.05) is 54.1 Å². The highest BCUT2D eigenvalue weighted by atomic mass is 35.5. The van der Waals surface area contributed by atoms with Gasteiger partial charge in [-0.05, 0) is 17.7 Å². The van der Waals surface area contributed by atoms with Crippen LogP contribution in [0, 0.1) is 0 Å². The highest BCUT2D eigenvalue weighted by molar-refractivity contribution is 8.00. The number of carbonyl (C=O) groups excluding carboxylic acids is 1. The summed E-state index contributed by atoms with van der Waals surface area (Å²) in [6.45, 7) is 2.03. The second-order valence-corrected chi connectivity index (χ2v) is 7.63. The van der Waals surface area contributed by atoms with Gasteiger partial charge in [-0.3, -0.25) is 4.79 Å². The summed E-state index contributed by atoms with van der Waals surface area (Å²) in [6, 6.07) is 16.9. The number of amides is 1. The van der Waals surface area contributed by atoms with Crippen LogP contribution in [0.4, 0.5) is 5.69 Å². The number of nitrogens with one attached hydrogen (secondary N) is 2. The zero-order chi connectivity index (χ0) is 18.8. The van der Waals surface area contributed by atoms with Crippen molar-refractivity contribution >= 4 is 35.0 Å². The highest BCUT2D eigenvalue weighted by Gasteiger charge is 2.37. The van der Waals surface area contributed by atoms with E-state index in [-0.39, 0.29) is 11.9 Å². The molecule has 2 atom stereocenters. The number of rotatable bonds is 4. The molecular formula is C19H18ClN5OS. The summed E-state index contributed by atoms with van der Waals surface area (Å²) >= 11 is 7.60. The maximum Gasteiger partial charge on any atom is 0.240 e. The molecule has 0 spiro atoms. The number of benzene rings is 2. The summed E-state index contributed by atoms with van der Waals surface area (Å²) < 4.78 is 1.88. The number of hydrogen-bond donors (Lipinski definition) is 2. The van der Waals surface area contributed by atoms with E-state index in [2.05, 4.69) is 20.9 Å². The number of thioether (sulfide) groups is 1. The Bertz CT molecular complexity index is 962. The molecule has 138 valence electrons. The SMILES string of the molecule is CCc1nnc2n1N[C@H](c1ccccc1)[C@@H](C(=O)Nc1ccccc1Cl)S2. The smallest absolute Gasteiger partial charge is 0.240 e. The minimum atomic E-state index is -0.426. The van der Waals surface area contributed by atoms with Gasteiger partial charge in [-0.2, -0.15) is 0 Å². The van der Waals surface area contributed by atoms with Gasteiger partial charge in [0.2, 0.25) is 11.1 Å². The van der Waals surface area contributed by atoms with Crippen LogP contribution in [0.25, 0.3) is 0 Å². The van der Waals surface area contributed by atoms with E-state index >= 15 is 0 Å².